The summed E-state index contributed by atoms with van der Waals surface area (Å²) < 4.78 is 23.2. The predicted octanol–water partition coefficient (Wildman–Crippen LogP) is 7.93. The molecule has 2 aliphatic heterocycles. The Labute approximate surface area is 300 Å². The minimum absolute atomic E-state index is 0.289. The summed E-state index contributed by atoms with van der Waals surface area (Å²) in [6.07, 6.45) is 8.24. The number of anilines is 2. The average Bonchev–Trinajstić information content (AvgIpc) is 3.90. The van der Waals surface area contributed by atoms with E-state index >= 15 is 0 Å². The van der Waals surface area contributed by atoms with E-state index in [0.29, 0.717) is 35.8 Å². The molecule has 0 radical (unpaired) electrons. The molecule has 2 fully saturated rings. The normalized spacial score (nSPS) is 20.6. The van der Waals surface area contributed by atoms with Crippen molar-refractivity contribution in [2.24, 2.45) is 4.99 Å². The van der Waals surface area contributed by atoms with Crippen LogP contribution in [0.3, 0.4) is 0 Å². The first-order chi connectivity index (χ1) is 23.9. The highest BCUT2D eigenvalue weighted by molar-refractivity contribution is 7.07. The molecule has 3 unspecified atom stereocenters. The van der Waals surface area contributed by atoms with Crippen LogP contribution in [0.15, 0.2) is 102 Å². The fourth-order valence-electron chi connectivity index (χ4n) is 6.29. The van der Waals surface area contributed by atoms with Crippen molar-refractivity contribution in [2.75, 3.05) is 49.2 Å². The third-order valence-electron chi connectivity index (χ3n) is 9.19. The van der Waals surface area contributed by atoms with Gasteiger partial charge in [0.25, 0.3) is 0 Å². The molecule has 0 saturated carbocycles. The lowest BCUT2D eigenvalue weighted by molar-refractivity contribution is -0.189. The highest BCUT2D eigenvalue weighted by atomic mass is 35.5. The summed E-state index contributed by atoms with van der Waals surface area (Å²) in [5, 5.41) is 3.14. The molecule has 3 aromatic carbocycles. The van der Waals surface area contributed by atoms with Crippen LogP contribution in [0.2, 0.25) is 10.0 Å². The van der Waals surface area contributed by atoms with E-state index in [4.69, 9.17) is 42.4 Å². The lowest BCUT2D eigenvalue weighted by Crippen LogP contribution is -2.46. The molecule has 49 heavy (non-hydrogen) atoms. The fraction of sp³-hybridized carbons (Fsp3) is 0.351. The van der Waals surface area contributed by atoms with Gasteiger partial charge in [-0.15, -0.1) is 11.3 Å². The zero-order chi connectivity index (χ0) is 33.8. The molecule has 0 aliphatic carbocycles. The minimum atomic E-state index is -1.08. The number of hydrogen-bond acceptors (Lipinski definition) is 8. The van der Waals surface area contributed by atoms with Crippen molar-refractivity contribution in [3.63, 3.8) is 0 Å². The summed E-state index contributed by atoms with van der Waals surface area (Å²) in [7, 11) is 0. The molecule has 2 saturated heterocycles. The Bertz CT molecular complexity index is 1890. The number of piperazine rings is 1. The van der Waals surface area contributed by atoms with Gasteiger partial charge in [0.05, 0.1) is 30.2 Å². The van der Waals surface area contributed by atoms with Gasteiger partial charge in [-0.3, -0.25) is 0 Å². The van der Waals surface area contributed by atoms with Crippen LogP contribution in [0, 0.1) is 0 Å². The van der Waals surface area contributed by atoms with Crippen molar-refractivity contribution >= 4 is 51.6 Å². The molecular formula is C37H40Cl2N6O3S. The molecule has 7 rings (SSSR count). The van der Waals surface area contributed by atoms with Gasteiger partial charge in [-0.25, -0.2) is 9.98 Å². The van der Waals surface area contributed by atoms with Gasteiger partial charge in [-0.2, -0.15) is 0 Å². The van der Waals surface area contributed by atoms with Crippen LogP contribution in [0.25, 0.3) is 0 Å². The third kappa shape index (κ3) is 7.69. The van der Waals surface area contributed by atoms with Crippen LogP contribution in [-0.4, -0.2) is 59.6 Å². The molecule has 4 heterocycles. The van der Waals surface area contributed by atoms with Gasteiger partial charge in [0.2, 0.25) is 5.79 Å². The lowest BCUT2D eigenvalue weighted by atomic mass is 10.1. The van der Waals surface area contributed by atoms with E-state index in [2.05, 4.69) is 81.2 Å². The fourth-order valence-corrected chi connectivity index (χ4v) is 7.67. The second kappa shape index (κ2) is 15.0. The Morgan fingerprint density at radius 1 is 0.980 bits per heavy atom. The van der Waals surface area contributed by atoms with E-state index in [1.807, 2.05) is 29.0 Å². The highest BCUT2D eigenvalue weighted by Crippen LogP contribution is 2.40. The van der Waals surface area contributed by atoms with Crippen LogP contribution >= 0.6 is 34.5 Å². The topological polar surface area (TPSA) is 69.3 Å². The minimum Gasteiger partial charge on any atom is -0.491 e. The number of nitrogens with zero attached hydrogens (tertiary/aromatic N) is 6. The molecule has 3 atom stereocenters. The highest BCUT2D eigenvalue weighted by Gasteiger charge is 2.45. The Balaban J connectivity index is 0.923. The van der Waals surface area contributed by atoms with E-state index in [1.165, 1.54) is 11.4 Å². The Morgan fingerprint density at radius 3 is 2.35 bits per heavy atom. The first-order valence-electron chi connectivity index (χ1n) is 16.7. The molecule has 256 valence electrons. The van der Waals surface area contributed by atoms with Crippen molar-refractivity contribution in [2.45, 2.75) is 44.7 Å². The van der Waals surface area contributed by atoms with Gasteiger partial charge in [-0.1, -0.05) is 36.2 Å². The van der Waals surface area contributed by atoms with Crippen molar-refractivity contribution in [1.82, 2.24) is 14.1 Å². The zero-order valence-corrected chi connectivity index (χ0v) is 29.9. The predicted molar refractivity (Wildman–Crippen MR) is 197 cm³/mol. The Kier molecular flexibility index (Phi) is 10.3. The van der Waals surface area contributed by atoms with E-state index in [0.717, 1.165) is 54.4 Å². The Morgan fingerprint density at radius 2 is 1.69 bits per heavy atom. The number of halogens is 2. The largest absolute Gasteiger partial charge is 0.491 e. The number of thiazole rings is 1. The molecule has 2 aliphatic rings. The SMILES string of the molecule is CCC(C)n1ccs/c1=N/c1ccc(N2CCN(c3ccc(OCC4COC(Cn5ccnc5)(c5ccc(Cl)cc5Cl)O4)cc3)CC2)cc1. The maximum Gasteiger partial charge on any atom is 0.215 e. The van der Waals surface area contributed by atoms with Gasteiger partial charge in [0, 0.05) is 78.2 Å². The number of hydrogen-bond donors (Lipinski definition) is 0. The summed E-state index contributed by atoms with van der Waals surface area (Å²) in [6, 6.07) is 22.7. The third-order valence-corrected chi connectivity index (χ3v) is 10.5. The number of rotatable bonds is 11. The average molecular weight is 720 g/mol. The van der Waals surface area contributed by atoms with E-state index in [-0.39, 0.29) is 6.10 Å². The van der Waals surface area contributed by atoms with Crippen LogP contribution in [0.5, 0.6) is 5.75 Å². The van der Waals surface area contributed by atoms with Crippen molar-refractivity contribution < 1.29 is 14.2 Å². The number of aromatic nitrogens is 3. The first kappa shape index (κ1) is 33.7. The quantitative estimate of drug-likeness (QED) is 0.138. The van der Waals surface area contributed by atoms with Crippen molar-refractivity contribution in [3.05, 3.63) is 117 Å². The first-order valence-corrected chi connectivity index (χ1v) is 18.3. The van der Waals surface area contributed by atoms with Crippen LogP contribution in [0.4, 0.5) is 17.1 Å². The molecule has 0 N–H and O–H groups in total. The van der Waals surface area contributed by atoms with Crippen molar-refractivity contribution in [3.8, 4) is 5.75 Å². The molecule has 9 nitrogen and oxygen atoms in total. The van der Waals surface area contributed by atoms with Gasteiger partial charge >= 0.3 is 0 Å². The van der Waals surface area contributed by atoms with Gasteiger partial charge in [0.1, 0.15) is 18.5 Å². The van der Waals surface area contributed by atoms with Gasteiger partial charge < -0.3 is 33.1 Å². The smallest absolute Gasteiger partial charge is 0.215 e. The van der Waals surface area contributed by atoms with Gasteiger partial charge in [-0.05, 0) is 74.0 Å². The van der Waals surface area contributed by atoms with E-state index in [9.17, 15) is 0 Å². The summed E-state index contributed by atoms with van der Waals surface area (Å²) >= 11 is 14.5. The number of benzene rings is 3. The maximum absolute atomic E-state index is 6.61. The summed E-state index contributed by atoms with van der Waals surface area (Å²) in [4.78, 5) is 15.0. The van der Waals surface area contributed by atoms with Gasteiger partial charge in [0.15, 0.2) is 4.80 Å². The second-order valence-corrected chi connectivity index (χ2v) is 14.1. The molecule has 2 aromatic heterocycles. The Hall–Kier alpha value is -3.80. The summed E-state index contributed by atoms with van der Waals surface area (Å²) in [5.41, 5.74) is 4.12. The molecule has 0 spiro atoms. The van der Waals surface area contributed by atoms with Crippen LogP contribution < -0.4 is 19.3 Å². The molecule has 12 heteroatoms. The summed E-state index contributed by atoms with van der Waals surface area (Å²) in [5.74, 6) is -0.300. The number of ether oxygens (including phenoxy) is 3. The summed E-state index contributed by atoms with van der Waals surface area (Å²) in [6.45, 7) is 9.31. The monoisotopic (exact) mass is 718 g/mol. The zero-order valence-electron chi connectivity index (χ0n) is 27.6. The van der Waals surface area contributed by atoms with E-state index < -0.39 is 5.79 Å². The van der Waals surface area contributed by atoms with Crippen LogP contribution in [0.1, 0.15) is 31.9 Å². The van der Waals surface area contributed by atoms with E-state index in [1.54, 1.807) is 36.0 Å². The molecular weight excluding hydrogens is 679 g/mol. The number of imidazole rings is 1. The van der Waals surface area contributed by atoms with Crippen LogP contribution in [-0.2, 0) is 21.8 Å². The maximum atomic E-state index is 6.61. The molecule has 0 amide bonds. The molecule has 5 aromatic rings. The second-order valence-electron chi connectivity index (χ2n) is 12.4. The standard InChI is InChI=1S/C37H40Cl2N6O3S/c1-3-27(2)45-20-21-49-36(45)41-29-5-7-30(8-6-29)43-16-18-44(19-17-43)31-9-11-32(12-10-31)46-23-33-24-47-37(48-33,25-42-15-14-40-26-42)34-13-4-28(38)22-35(34)39/h4-15,20-22,26-27,33H,3,16-19,23-25H2,1-2H3/b41-36+. The van der Waals surface area contributed by atoms with Crippen molar-refractivity contribution in [1.29, 1.82) is 0 Å². The lowest BCUT2D eigenvalue weighted by Gasteiger charge is -2.37. The molecule has 0 bridgehead atoms.